The third-order valence-electron chi connectivity index (χ3n) is 2.42. The number of hydrogen-bond acceptors (Lipinski definition) is 3. The number of aromatic amines is 1. The number of carbonyl (C=O) groups is 1. The van der Waals surface area contributed by atoms with Crippen molar-refractivity contribution in [1.29, 1.82) is 0 Å². The lowest BCUT2D eigenvalue weighted by Crippen LogP contribution is -2.30. The van der Waals surface area contributed by atoms with E-state index in [0.717, 1.165) is 17.0 Å². The van der Waals surface area contributed by atoms with Crippen LogP contribution in [0.4, 0.5) is 0 Å². The third-order valence-corrected chi connectivity index (χ3v) is 2.42. The second-order valence-corrected chi connectivity index (χ2v) is 3.86. The number of rotatable bonds is 5. The zero-order chi connectivity index (χ0) is 11.4. The summed E-state index contributed by atoms with van der Waals surface area (Å²) in [5, 5.41) is 10.3. The summed E-state index contributed by atoms with van der Waals surface area (Å²) in [5.74, 6) is -0.282. The molecule has 1 amide bonds. The second kappa shape index (κ2) is 4.93. The Morgan fingerprint density at radius 2 is 2.27 bits per heavy atom. The Balaban J connectivity index is 2.46. The van der Waals surface area contributed by atoms with Crippen LogP contribution in [0.25, 0.3) is 0 Å². The first-order valence-electron chi connectivity index (χ1n) is 5.02. The molecule has 0 radical (unpaired) electrons. The first-order valence-corrected chi connectivity index (χ1v) is 5.02. The molecule has 5 nitrogen and oxygen atoms in total. The number of amides is 1. The minimum atomic E-state index is -0.282. The van der Waals surface area contributed by atoms with E-state index in [-0.39, 0.29) is 11.9 Å². The van der Waals surface area contributed by atoms with E-state index in [1.54, 1.807) is 0 Å². The predicted octanol–water partition coefficient (Wildman–Crippen LogP) is 0.380. The predicted molar refractivity (Wildman–Crippen MR) is 58.2 cm³/mol. The van der Waals surface area contributed by atoms with E-state index < -0.39 is 0 Å². The minimum Gasteiger partial charge on any atom is -0.370 e. The summed E-state index contributed by atoms with van der Waals surface area (Å²) in [6.45, 7) is 6.59. The number of nitrogens with two attached hydrogens (primary N) is 1. The van der Waals surface area contributed by atoms with Crippen molar-refractivity contribution in [3.05, 3.63) is 17.0 Å². The lowest BCUT2D eigenvalue weighted by molar-refractivity contribution is -0.118. The van der Waals surface area contributed by atoms with Gasteiger partial charge in [-0.25, -0.2) is 0 Å². The number of H-pyrrole nitrogens is 1. The average molecular weight is 210 g/mol. The van der Waals surface area contributed by atoms with Crippen LogP contribution in [0.1, 0.15) is 30.3 Å². The zero-order valence-corrected chi connectivity index (χ0v) is 9.42. The maximum atomic E-state index is 10.7. The maximum absolute atomic E-state index is 10.7. The van der Waals surface area contributed by atoms with E-state index in [1.807, 2.05) is 20.8 Å². The van der Waals surface area contributed by atoms with Crippen LogP contribution in [0.3, 0.4) is 0 Å². The molecular formula is C10H18N4O. The van der Waals surface area contributed by atoms with Crippen molar-refractivity contribution in [3.63, 3.8) is 0 Å². The molecule has 1 aromatic heterocycles. The van der Waals surface area contributed by atoms with Crippen molar-refractivity contribution in [2.45, 2.75) is 39.8 Å². The summed E-state index contributed by atoms with van der Waals surface area (Å²) in [5.41, 5.74) is 8.32. The van der Waals surface area contributed by atoms with Gasteiger partial charge in [0.05, 0.1) is 5.69 Å². The molecule has 0 bridgehead atoms. The standard InChI is InChI=1S/C10H18N4O/c1-6(4-10(11)15)12-5-9-7(2)13-14-8(9)3/h6,12H,4-5H2,1-3H3,(H2,11,15)(H,13,14). The average Bonchev–Trinajstić information content (AvgIpc) is 2.42. The zero-order valence-electron chi connectivity index (χ0n) is 9.42. The number of hydrogen-bond donors (Lipinski definition) is 3. The summed E-state index contributed by atoms with van der Waals surface area (Å²) in [7, 11) is 0. The molecule has 1 heterocycles. The number of aryl methyl sites for hydroxylation is 2. The van der Waals surface area contributed by atoms with Crippen molar-refractivity contribution in [1.82, 2.24) is 15.5 Å². The van der Waals surface area contributed by atoms with Crippen LogP contribution in [0, 0.1) is 13.8 Å². The summed E-state index contributed by atoms with van der Waals surface area (Å²) >= 11 is 0. The molecule has 5 heteroatoms. The van der Waals surface area contributed by atoms with Crippen LogP contribution < -0.4 is 11.1 Å². The molecule has 84 valence electrons. The van der Waals surface area contributed by atoms with Crippen molar-refractivity contribution < 1.29 is 4.79 Å². The summed E-state index contributed by atoms with van der Waals surface area (Å²) < 4.78 is 0. The Bertz CT molecular complexity index is 326. The van der Waals surface area contributed by atoms with Gasteiger partial charge >= 0.3 is 0 Å². The number of nitrogens with zero attached hydrogens (tertiary/aromatic N) is 1. The van der Waals surface area contributed by atoms with Gasteiger partial charge in [0.25, 0.3) is 0 Å². The second-order valence-electron chi connectivity index (χ2n) is 3.86. The summed E-state index contributed by atoms with van der Waals surface area (Å²) in [6, 6.07) is 0.0937. The quantitative estimate of drug-likeness (QED) is 0.657. The van der Waals surface area contributed by atoms with Crippen molar-refractivity contribution in [2.24, 2.45) is 5.73 Å². The molecule has 0 aromatic carbocycles. The third kappa shape index (κ3) is 3.36. The Morgan fingerprint density at radius 3 is 2.73 bits per heavy atom. The molecule has 1 aromatic rings. The highest BCUT2D eigenvalue weighted by Gasteiger charge is 2.09. The molecule has 15 heavy (non-hydrogen) atoms. The molecule has 1 unspecified atom stereocenters. The molecule has 0 aliphatic rings. The molecule has 1 rings (SSSR count). The van der Waals surface area contributed by atoms with E-state index >= 15 is 0 Å². The fraction of sp³-hybridized carbons (Fsp3) is 0.600. The topological polar surface area (TPSA) is 83.8 Å². The van der Waals surface area contributed by atoms with E-state index in [2.05, 4.69) is 15.5 Å². The van der Waals surface area contributed by atoms with E-state index in [0.29, 0.717) is 13.0 Å². The molecular weight excluding hydrogens is 192 g/mol. The molecule has 0 aliphatic carbocycles. The van der Waals surface area contributed by atoms with Gasteiger partial charge in [-0.3, -0.25) is 9.89 Å². The van der Waals surface area contributed by atoms with E-state index in [1.165, 1.54) is 0 Å². The SMILES string of the molecule is Cc1n[nH]c(C)c1CNC(C)CC(N)=O. The van der Waals surface area contributed by atoms with Crippen LogP contribution in [0.15, 0.2) is 0 Å². The van der Waals surface area contributed by atoms with Crippen molar-refractivity contribution >= 4 is 5.91 Å². The smallest absolute Gasteiger partial charge is 0.218 e. The van der Waals surface area contributed by atoms with Gasteiger partial charge in [-0.2, -0.15) is 5.10 Å². The van der Waals surface area contributed by atoms with Gasteiger partial charge in [-0.05, 0) is 20.8 Å². The van der Waals surface area contributed by atoms with Gasteiger partial charge in [0.1, 0.15) is 0 Å². The minimum absolute atomic E-state index is 0.0937. The van der Waals surface area contributed by atoms with Gasteiger partial charge in [0.15, 0.2) is 0 Å². The summed E-state index contributed by atoms with van der Waals surface area (Å²) in [6.07, 6.45) is 0.357. The lowest BCUT2D eigenvalue weighted by Gasteiger charge is -2.11. The molecule has 0 fully saturated rings. The molecule has 1 atom stereocenters. The Kier molecular flexibility index (Phi) is 3.85. The highest BCUT2D eigenvalue weighted by Crippen LogP contribution is 2.08. The Labute approximate surface area is 89.4 Å². The summed E-state index contributed by atoms with van der Waals surface area (Å²) in [4.78, 5) is 10.7. The number of primary amides is 1. The van der Waals surface area contributed by atoms with E-state index in [4.69, 9.17) is 5.73 Å². The number of nitrogens with one attached hydrogen (secondary N) is 2. The fourth-order valence-corrected chi connectivity index (χ4v) is 1.48. The van der Waals surface area contributed by atoms with E-state index in [9.17, 15) is 4.79 Å². The van der Waals surface area contributed by atoms with Crippen LogP contribution >= 0.6 is 0 Å². The molecule has 0 aliphatic heterocycles. The maximum Gasteiger partial charge on any atom is 0.218 e. The first kappa shape index (κ1) is 11.7. The van der Waals surface area contributed by atoms with Gasteiger partial charge in [0, 0.05) is 30.3 Å². The largest absolute Gasteiger partial charge is 0.370 e. The van der Waals surface area contributed by atoms with Gasteiger partial charge < -0.3 is 11.1 Å². The van der Waals surface area contributed by atoms with Crippen LogP contribution in [0.5, 0.6) is 0 Å². The van der Waals surface area contributed by atoms with Gasteiger partial charge in [0.2, 0.25) is 5.91 Å². The Hall–Kier alpha value is -1.36. The van der Waals surface area contributed by atoms with Crippen molar-refractivity contribution in [3.8, 4) is 0 Å². The van der Waals surface area contributed by atoms with Gasteiger partial charge in [-0.15, -0.1) is 0 Å². The van der Waals surface area contributed by atoms with Crippen LogP contribution in [0.2, 0.25) is 0 Å². The van der Waals surface area contributed by atoms with Crippen LogP contribution in [-0.4, -0.2) is 22.1 Å². The lowest BCUT2D eigenvalue weighted by atomic mass is 10.1. The normalized spacial score (nSPS) is 12.7. The number of aromatic nitrogens is 2. The Morgan fingerprint density at radius 1 is 1.60 bits per heavy atom. The van der Waals surface area contributed by atoms with Crippen molar-refractivity contribution in [2.75, 3.05) is 0 Å². The van der Waals surface area contributed by atoms with Gasteiger partial charge in [-0.1, -0.05) is 0 Å². The molecule has 0 saturated heterocycles. The highest BCUT2D eigenvalue weighted by molar-refractivity contribution is 5.74. The molecule has 4 N–H and O–H groups in total. The molecule has 0 saturated carbocycles. The highest BCUT2D eigenvalue weighted by atomic mass is 16.1. The first-order chi connectivity index (χ1) is 7.00. The number of carbonyl (C=O) groups excluding carboxylic acids is 1. The van der Waals surface area contributed by atoms with Crippen LogP contribution in [-0.2, 0) is 11.3 Å². The molecule has 0 spiro atoms. The fourth-order valence-electron chi connectivity index (χ4n) is 1.48. The monoisotopic (exact) mass is 210 g/mol.